The summed E-state index contributed by atoms with van der Waals surface area (Å²) in [4.78, 5) is 8.72. The second kappa shape index (κ2) is 9.05. The van der Waals surface area contributed by atoms with Crippen LogP contribution in [0.15, 0.2) is 60.8 Å². The fourth-order valence-electron chi connectivity index (χ4n) is 3.47. The Morgan fingerprint density at radius 3 is 2.59 bits per heavy atom. The molecule has 3 N–H and O–H groups in total. The topological polar surface area (TPSA) is 89.8 Å². The van der Waals surface area contributed by atoms with Gasteiger partial charge in [0.05, 0.1) is 23.1 Å². The highest BCUT2D eigenvalue weighted by Gasteiger charge is 2.40. The maximum absolute atomic E-state index is 12.9. The Balaban J connectivity index is 1.70. The first kappa shape index (κ1) is 21.9. The number of unbranched alkanes of at least 4 members (excludes halogenated alkanes) is 1. The van der Waals surface area contributed by atoms with Gasteiger partial charge in [-0.3, -0.25) is 4.98 Å². The van der Waals surface area contributed by atoms with E-state index >= 15 is 0 Å². The molecule has 166 valence electrons. The standard InChI is InChI=1S/C23H22F3N5O/c24-23(25,26)22(32)19-8-4-9-21(30-19)31-20-13-15(10-11-16(20)14-28-31)18-7-3-6-17(29-18)5-1-2-12-27/h3-4,6-11,13-14,22,32H,1-2,5,12,27H2/t22-/m1/s1. The van der Waals surface area contributed by atoms with Crippen molar-refractivity contribution in [1.82, 2.24) is 19.7 Å². The number of aryl methyl sites for hydroxylation is 1. The zero-order chi connectivity index (χ0) is 22.7. The number of aliphatic hydroxyl groups is 1. The Hall–Kier alpha value is -3.30. The van der Waals surface area contributed by atoms with Crippen molar-refractivity contribution in [3.05, 3.63) is 72.2 Å². The molecule has 0 spiro atoms. The van der Waals surface area contributed by atoms with Gasteiger partial charge in [0.15, 0.2) is 11.9 Å². The van der Waals surface area contributed by atoms with Gasteiger partial charge in [0.1, 0.15) is 0 Å². The highest BCUT2D eigenvalue weighted by Crippen LogP contribution is 2.32. The molecule has 32 heavy (non-hydrogen) atoms. The largest absolute Gasteiger partial charge is 0.420 e. The summed E-state index contributed by atoms with van der Waals surface area (Å²) in [5, 5.41) is 14.6. The van der Waals surface area contributed by atoms with Gasteiger partial charge in [0, 0.05) is 16.6 Å². The van der Waals surface area contributed by atoms with Gasteiger partial charge < -0.3 is 10.8 Å². The monoisotopic (exact) mass is 441 g/mol. The molecular formula is C23H22F3N5O. The van der Waals surface area contributed by atoms with Crippen molar-refractivity contribution in [3.8, 4) is 17.1 Å². The van der Waals surface area contributed by atoms with Crippen LogP contribution in [-0.2, 0) is 6.42 Å². The smallest absolute Gasteiger partial charge is 0.378 e. The van der Waals surface area contributed by atoms with E-state index in [0.717, 1.165) is 47.7 Å². The number of nitrogens with zero attached hydrogens (tertiary/aromatic N) is 4. The lowest BCUT2D eigenvalue weighted by molar-refractivity contribution is -0.207. The average molecular weight is 441 g/mol. The molecule has 0 aliphatic rings. The molecule has 3 aromatic heterocycles. The number of pyridine rings is 2. The first-order valence-corrected chi connectivity index (χ1v) is 10.2. The molecule has 0 fully saturated rings. The van der Waals surface area contributed by atoms with Gasteiger partial charge in [-0.25, -0.2) is 9.67 Å². The van der Waals surface area contributed by atoms with E-state index in [9.17, 15) is 18.3 Å². The van der Waals surface area contributed by atoms with Crippen LogP contribution in [0, 0.1) is 0 Å². The van der Waals surface area contributed by atoms with Crippen molar-refractivity contribution < 1.29 is 18.3 Å². The van der Waals surface area contributed by atoms with Gasteiger partial charge in [-0.15, -0.1) is 0 Å². The molecule has 3 heterocycles. The Labute approximate surface area is 182 Å². The predicted molar refractivity (Wildman–Crippen MR) is 115 cm³/mol. The highest BCUT2D eigenvalue weighted by molar-refractivity contribution is 5.84. The lowest BCUT2D eigenvalue weighted by atomic mass is 10.1. The summed E-state index contributed by atoms with van der Waals surface area (Å²) < 4.78 is 40.2. The third kappa shape index (κ3) is 4.63. The lowest BCUT2D eigenvalue weighted by Gasteiger charge is -2.14. The van der Waals surface area contributed by atoms with E-state index in [1.807, 2.05) is 36.4 Å². The Morgan fingerprint density at radius 2 is 1.81 bits per heavy atom. The maximum atomic E-state index is 12.9. The summed E-state index contributed by atoms with van der Waals surface area (Å²) in [5.74, 6) is 0.182. The average Bonchev–Trinajstić information content (AvgIpc) is 3.22. The van der Waals surface area contributed by atoms with Gasteiger partial charge in [0.2, 0.25) is 0 Å². The number of aliphatic hydroxyl groups excluding tert-OH is 1. The van der Waals surface area contributed by atoms with E-state index in [2.05, 4.69) is 10.1 Å². The number of benzene rings is 1. The summed E-state index contributed by atoms with van der Waals surface area (Å²) in [6.45, 7) is 0.648. The van der Waals surface area contributed by atoms with Crippen LogP contribution in [0.2, 0.25) is 0 Å². The van der Waals surface area contributed by atoms with Gasteiger partial charge in [0.25, 0.3) is 0 Å². The first-order chi connectivity index (χ1) is 15.4. The molecule has 4 rings (SSSR count). The van der Waals surface area contributed by atoms with Gasteiger partial charge in [-0.2, -0.15) is 18.3 Å². The van der Waals surface area contributed by atoms with E-state index in [4.69, 9.17) is 10.7 Å². The Kier molecular flexibility index (Phi) is 6.20. The number of nitrogens with two attached hydrogens (primary N) is 1. The van der Waals surface area contributed by atoms with Crippen molar-refractivity contribution in [2.75, 3.05) is 6.54 Å². The van der Waals surface area contributed by atoms with Crippen LogP contribution in [-0.4, -0.2) is 37.6 Å². The summed E-state index contributed by atoms with van der Waals surface area (Å²) >= 11 is 0. The van der Waals surface area contributed by atoms with Gasteiger partial charge in [-0.1, -0.05) is 24.3 Å². The van der Waals surface area contributed by atoms with Crippen LogP contribution in [0.25, 0.3) is 28.0 Å². The molecule has 0 aliphatic heterocycles. The van der Waals surface area contributed by atoms with Crippen molar-refractivity contribution in [1.29, 1.82) is 0 Å². The van der Waals surface area contributed by atoms with Crippen molar-refractivity contribution in [2.45, 2.75) is 31.5 Å². The number of fused-ring (bicyclic) bond motifs is 1. The van der Waals surface area contributed by atoms with E-state index in [1.165, 1.54) is 10.7 Å². The summed E-state index contributed by atoms with van der Waals surface area (Å²) in [7, 11) is 0. The molecule has 0 unspecified atom stereocenters. The molecule has 1 atom stereocenters. The number of halogens is 3. The molecule has 6 nitrogen and oxygen atoms in total. The van der Waals surface area contributed by atoms with Crippen LogP contribution in [0.1, 0.15) is 30.3 Å². The summed E-state index contributed by atoms with van der Waals surface area (Å²) in [5.41, 5.74) is 8.36. The first-order valence-electron chi connectivity index (χ1n) is 10.2. The number of rotatable bonds is 7. The highest BCUT2D eigenvalue weighted by atomic mass is 19.4. The molecule has 1 aromatic carbocycles. The number of hydrogen-bond acceptors (Lipinski definition) is 5. The van der Waals surface area contributed by atoms with E-state index < -0.39 is 18.0 Å². The fraction of sp³-hybridized carbons (Fsp3) is 0.261. The summed E-state index contributed by atoms with van der Waals surface area (Å²) in [6, 6.07) is 15.6. The van der Waals surface area contributed by atoms with Crippen LogP contribution >= 0.6 is 0 Å². The Morgan fingerprint density at radius 1 is 1.00 bits per heavy atom. The molecule has 0 saturated carbocycles. The van der Waals surface area contributed by atoms with Crippen LogP contribution in [0.4, 0.5) is 13.2 Å². The minimum Gasteiger partial charge on any atom is -0.378 e. The van der Waals surface area contributed by atoms with Crippen molar-refractivity contribution in [3.63, 3.8) is 0 Å². The second-order valence-electron chi connectivity index (χ2n) is 7.45. The molecule has 0 amide bonds. The summed E-state index contributed by atoms with van der Waals surface area (Å²) in [6.07, 6.45) is -3.11. The molecule has 4 aromatic rings. The van der Waals surface area contributed by atoms with Gasteiger partial charge in [-0.05, 0) is 56.1 Å². The molecule has 0 saturated heterocycles. The minimum atomic E-state index is -4.80. The number of hydrogen-bond donors (Lipinski definition) is 2. The zero-order valence-electron chi connectivity index (χ0n) is 17.1. The van der Waals surface area contributed by atoms with E-state index in [0.29, 0.717) is 12.1 Å². The zero-order valence-corrected chi connectivity index (χ0v) is 17.1. The SMILES string of the molecule is NCCCCc1cccc(-c2ccc3cnn(-c4cccc([C@@H](O)C(F)(F)F)n4)c3c2)n1. The maximum Gasteiger partial charge on any atom is 0.420 e. The van der Waals surface area contributed by atoms with Gasteiger partial charge >= 0.3 is 6.18 Å². The van der Waals surface area contributed by atoms with Crippen molar-refractivity contribution in [2.24, 2.45) is 5.73 Å². The molecule has 0 bridgehead atoms. The predicted octanol–water partition coefficient (Wildman–Crippen LogP) is 4.36. The Bertz CT molecular complexity index is 1220. The number of aromatic nitrogens is 4. The third-order valence-corrected chi connectivity index (χ3v) is 5.12. The quantitative estimate of drug-likeness (QED) is 0.416. The minimum absolute atomic E-state index is 0.182. The van der Waals surface area contributed by atoms with Crippen LogP contribution in [0.3, 0.4) is 0 Å². The van der Waals surface area contributed by atoms with E-state index in [-0.39, 0.29) is 5.82 Å². The number of alkyl halides is 3. The normalized spacial score (nSPS) is 12.9. The van der Waals surface area contributed by atoms with Crippen LogP contribution in [0.5, 0.6) is 0 Å². The molecular weight excluding hydrogens is 419 g/mol. The fourth-order valence-corrected chi connectivity index (χ4v) is 3.47. The molecule has 9 heteroatoms. The molecule has 0 aliphatic carbocycles. The van der Waals surface area contributed by atoms with E-state index in [1.54, 1.807) is 12.3 Å². The third-order valence-electron chi connectivity index (χ3n) is 5.12. The second-order valence-corrected chi connectivity index (χ2v) is 7.45. The van der Waals surface area contributed by atoms with Crippen LogP contribution < -0.4 is 5.73 Å². The van der Waals surface area contributed by atoms with Crippen molar-refractivity contribution >= 4 is 10.9 Å². The molecule has 0 radical (unpaired) electrons. The lowest BCUT2D eigenvalue weighted by Crippen LogP contribution is -2.21.